The second kappa shape index (κ2) is 5.92. The van der Waals surface area contributed by atoms with Crippen molar-refractivity contribution in [2.24, 2.45) is 5.92 Å². The molecule has 4 rings (SSSR count). The summed E-state index contributed by atoms with van der Waals surface area (Å²) in [5, 5.41) is 10.2. The van der Waals surface area contributed by atoms with E-state index in [0.29, 0.717) is 6.04 Å². The molecule has 0 spiro atoms. The van der Waals surface area contributed by atoms with Crippen molar-refractivity contribution in [3.63, 3.8) is 0 Å². The highest BCUT2D eigenvalue weighted by Gasteiger charge is 2.36. The van der Waals surface area contributed by atoms with E-state index in [1.807, 2.05) is 11.8 Å². The van der Waals surface area contributed by atoms with Crippen molar-refractivity contribution in [3.8, 4) is 0 Å². The lowest BCUT2D eigenvalue weighted by Crippen LogP contribution is -2.34. The second-order valence-electron chi connectivity index (χ2n) is 7.09. The molecule has 2 heterocycles. The molecular formula is C16H26N4S. The normalized spacial score (nSPS) is 24.6. The first kappa shape index (κ1) is 14.1. The summed E-state index contributed by atoms with van der Waals surface area (Å²) in [5.41, 5.74) is 0. The van der Waals surface area contributed by atoms with Gasteiger partial charge in [0.25, 0.3) is 0 Å². The first-order chi connectivity index (χ1) is 10.3. The molecule has 2 aliphatic carbocycles. The van der Waals surface area contributed by atoms with Crippen LogP contribution < -0.4 is 0 Å². The van der Waals surface area contributed by atoms with Gasteiger partial charge in [0, 0.05) is 24.3 Å². The standard InChI is InChI=1S/C16H26N4S/c1-12-6-8-19(9-7-12)10-11-21-16-18-17-15(13-2-3-13)20(16)14-4-5-14/h12-14H,2-11H2,1H3. The highest BCUT2D eigenvalue weighted by Crippen LogP contribution is 2.45. The van der Waals surface area contributed by atoms with E-state index >= 15 is 0 Å². The van der Waals surface area contributed by atoms with Crippen molar-refractivity contribution in [2.45, 2.75) is 62.6 Å². The third kappa shape index (κ3) is 3.29. The molecule has 116 valence electrons. The SMILES string of the molecule is CC1CCN(CCSc2nnc(C3CC3)n2C2CC2)CC1. The van der Waals surface area contributed by atoms with Crippen LogP contribution in [0, 0.1) is 5.92 Å². The first-order valence-corrected chi connectivity index (χ1v) is 9.60. The Morgan fingerprint density at radius 3 is 2.48 bits per heavy atom. The van der Waals surface area contributed by atoms with Gasteiger partial charge in [-0.2, -0.15) is 0 Å². The molecule has 3 fully saturated rings. The van der Waals surface area contributed by atoms with Crippen molar-refractivity contribution >= 4 is 11.8 Å². The Bertz CT molecular complexity index is 484. The largest absolute Gasteiger partial charge is 0.303 e. The maximum atomic E-state index is 4.49. The molecule has 1 aromatic rings. The van der Waals surface area contributed by atoms with E-state index in [0.717, 1.165) is 17.6 Å². The number of thioether (sulfide) groups is 1. The summed E-state index contributed by atoms with van der Waals surface area (Å²) < 4.78 is 2.47. The van der Waals surface area contributed by atoms with E-state index in [4.69, 9.17) is 0 Å². The summed E-state index contributed by atoms with van der Waals surface area (Å²) in [6, 6.07) is 0.717. The Hall–Kier alpha value is -0.550. The second-order valence-corrected chi connectivity index (χ2v) is 8.15. The molecule has 5 heteroatoms. The zero-order valence-electron chi connectivity index (χ0n) is 13.0. The van der Waals surface area contributed by atoms with Crippen molar-refractivity contribution in [1.29, 1.82) is 0 Å². The minimum absolute atomic E-state index is 0.717. The summed E-state index contributed by atoms with van der Waals surface area (Å²) in [7, 11) is 0. The molecule has 2 saturated carbocycles. The topological polar surface area (TPSA) is 34.0 Å². The van der Waals surface area contributed by atoms with E-state index in [2.05, 4.69) is 26.6 Å². The van der Waals surface area contributed by atoms with Crippen LogP contribution >= 0.6 is 11.8 Å². The predicted octanol–water partition coefficient (Wildman–Crippen LogP) is 3.31. The maximum absolute atomic E-state index is 4.49. The van der Waals surface area contributed by atoms with Crippen LogP contribution in [0.5, 0.6) is 0 Å². The third-order valence-electron chi connectivity index (χ3n) is 5.06. The summed E-state index contributed by atoms with van der Waals surface area (Å²) >= 11 is 1.92. The molecule has 0 bridgehead atoms. The summed E-state index contributed by atoms with van der Waals surface area (Å²) in [4.78, 5) is 2.62. The molecule has 0 aromatic carbocycles. The van der Waals surface area contributed by atoms with E-state index in [1.54, 1.807) is 0 Å². The number of piperidine rings is 1. The minimum atomic E-state index is 0.717. The van der Waals surface area contributed by atoms with Crippen molar-refractivity contribution in [3.05, 3.63) is 5.82 Å². The van der Waals surface area contributed by atoms with E-state index in [9.17, 15) is 0 Å². The van der Waals surface area contributed by atoms with Crippen LogP contribution in [-0.2, 0) is 0 Å². The molecule has 0 amide bonds. The summed E-state index contributed by atoms with van der Waals surface area (Å²) in [6.07, 6.45) is 8.04. The predicted molar refractivity (Wildman–Crippen MR) is 85.8 cm³/mol. The van der Waals surface area contributed by atoms with Crippen LogP contribution in [0.3, 0.4) is 0 Å². The molecule has 0 N–H and O–H groups in total. The van der Waals surface area contributed by atoms with E-state index < -0.39 is 0 Å². The lowest BCUT2D eigenvalue weighted by atomic mass is 9.99. The number of rotatable bonds is 6. The smallest absolute Gasteiger partial charge is 0.191 e. The van der Waals surface area contributed by atoms with Crippen LogP contribution in [-0.4, -0.2) is 45.1 Å². The number of hydrogen-bond donors (Lipinski definition) is 0. The maximum Gasteiger partial charge on any atom is 0.191 e. The van der Waals surface area contributed by atoms with Gasteiger partial charge in [0.05, 0.1) is 0 Å². The third-order valence-corrected chi connectivity index (χ3v) is 5.98. The molecule has 0 atom stereocenters. The zero-order chi connectivity index (χ0) is 14.2. The highest BCUT2D eigenvalue weighted by atomic mass is 32.2. The molecule has 3 aliphatic rings. The van der Waals surface area contributed by atoms with Gasteiger partial charge in [-0.1, -0.05) is 18.7 Å². The van der Waals surface area contributed by atoms with Crippen LogP contribution in [0.15, 0.2) is 5.16 Å². The average molecular weight is 306 g/mol. The molecule has 21 heavy (non-hydrogen) atoms. The monoisotopic (exact) mass is 306 g/mol. The van der Waals surface area contributed by atoms with Crippen molar-refractivity contribution in [2.75, 3.05) is 25.4 Å². The fraction of sp³-hybridized carbons (Fsp3) is 0.875. The van der Waals surface area contributed by atoms with Gasteiger partial charge in [-0.25, -0.2) is 0 Å². The molecule has 0 unspecified atom stereocenters. The van der Waals surface area contributed by atoms with Gasteiger partial charge in [-0.3, -0.25) is 0 Å². The Morgan fingerprint density at radius 1 is 1.05 bits per heavy atom. The lowest BCUT2D eigenvalue weighted by molar-refractivity contribution is 0.203. The Kier molecular flexibility index (Phi) is 3.96. The average Bonchev–Trinajstić information content (AvgIpc) is 3.40. The number of likely N-dealkylation sites (tertiary alicyclic amines) is 1. The lowest BCUT2D eigenvalue weighted by Gasteiger charge is -2.29. The molecule has 1 aromatic heterocycles. The van der Waals surface area contributed by atoms with Gasteiger partial charge in [0.15, 0.2) is 5.16 Å². The highest BCUT2D eigenvalue weighted by molar-refractivity contribution is 7.99. The van der Waals surface area contributed by atoms with Gasteiger partial charge < -0.3 is 9.47 Å². The quantitative estimate of drug-likeness (QED) is 0.755. The van der Waals surface area contributed by atoms with Gasteiger partial charge >= 0.3 is 0 Å². The van der Waals surface area contributed by atoms with E-state index in [-0.39, 0.29) is 0 Å². The van der Waals surface area contributed by atoms with Gasteiger partial charge in [0.2, 0.25) is 0 Å². The molecule has 1 aliphatic heterocycles. The summed E-state index contributed by atoms with van der Waals surface area (Å²) in [6.45, 7) is 6.14. The van der Waals surface area contributed by atoms with Crippen molar-refractivity contribution < 1.29 is 0 Å². The van der Waals surface area contributed by atoms with Gasteiger partial charge in [0.1, 0.15) is 5.82 Å². The summed E-state index contributed by atoms with van der Waals surface area (Å²) in [5.74, 6) is 4.08. The van der Waals surface area contributed by atoms with Crippen LogP contribution in [0.4, 0.5) is 0 Å². The van der Waals surface area contributed by atoms with Crippen LogP contribution in [0.25, 0.3) is 0 Å². The number of hydrogen-bond acceptors (Lipinski definition) is 4. The van der Waals surface area contributed by atoms with Gasteiger partial charge in [-0.15, -0.1) is 10.2 Å². The van der Waals surface area contributed by atoms with Crippen LogP contribution in [0.1, 0.15) is 63.2 Å². The minimum Gasteiger partial charge on any atom is -0.303 e. The Labute approximate surface area is 131 Å². The van der Waals surface area contributed by atoms with E-state index in [1.165, 1.54) is 69.1 Å². The zero-order valence-corrected chi connectivity index (χ0v) is 13.8. The number of aromatic nitrogens is 3. The Morgan fingerprint density at radius 2 is 1.81 bits per heavy atom. The van der Waals surface area contributed by atoms with Gasteiger partial charge in [-0.05, 0) is 57.5 Å². The van der Waals surface area contributed by atoms with Crippen LogP contribution in [0.2, 0.25) is 0 Å². The molecule has 4 nitrogen and oxygen atoms in total. The molecule has 1 saturated heterocycles. The fourth-order valence-electron chi connectivity index (χ4n) is 3.23. The molecular weight excluding hydrogens is 280 g/mol. The fourth-order valence-corrected chi connectivity index (χ4v) is 4.25. The first-order valence-electron chi connectivity index (χ1n) is 8.61. The number of nitrogens with zero attached hydrogens (tertiary/aromatic N) is 4. The van der Waals surface area contributed by atoms with Crippen molar-refractivity contribution in [1.82, 2.24) is 19.7 Å². The molecule has 0 radical (unpaired) electrons. The Balaban J connectivity index is 1.32.